The zero-order chi connectivity index (χ0) is 12.1. The summed E-state index contributed by atoms with van der Waals surface area (Å²) in [7, 11) is 0. The average molecular weight is 224 g/mol. The van der Waals surface area contributed by atoms with Gasteiger partial charge in [0.25, 0.3) is 0 Å². The van der Waals surface area contributed by atoms with Gasteiger partial charge in [0, 0.05) is 0 Å². The Hall–Kier alpha value is -1.04. The van der Waals surface area contributed by atoms with Crippen LogP contribution in [0.5, 0.6) is 0 Å². The van der Waals surface area contributed by atoms with Gasteiger partial charge in [-0.3, -0.25) is 0 Å². The molecule has 0 N–H and O–H groups in total. The molecule has 0 saturated carbocycles. The van der Waals surface area contributed by atoms with Gasteiger partial charge in [-0.05, 0) is 13.8 Å². The van der Waals surface area contributed by atoms with E-state index in [1.54, 1.807) is 13.8 Å². The number of hydrogen-bond donors (Lipinski definition) is 0. The van der Waals surface area contributed by atoms with Gasteiger partial charge in [-0.2, -0.15) is 0 Å². The molecule has 4 nitrogen and oxygen atoms in total. The van der Waals surface area contributed by atoms with E-state index >= 15 is 0 Å². The van der Waals surface area contributed by atoms with Crippen molar-refractivity contribution in [3.8, 4) is 24.7 Å². The fourth-order valence-corrected chi connectivity index (χ4v) is 1.21. The maximum Gasteiger partial charge on any atom is 0.190 e. The standard InChI is InChI=1S/C12H16O4/c1-5-7-13-11(3)9-16-12(4,10-15-11)14-8-6-2/h1-2H,7-10H2,3-4H3/t11-,12-/m1/s1. The zero-order valence-corrected chi connectivity index (χ0v) is 9.62. The molecule has 4 heteroatoms. The number of terminal acetylenes is 2. The van der Waals surface area contributed by atoms with Gasteiger partial charge in [-0.15, -0.1) is 12.8 Å². The van der Waals surface area contributed by atoms with Crippen molar-refractivity contribution in [3.05, 3.63) is 0 Å². The van der Waals surface area contributed by atoms with E-state index in [4.69, 9.17) is 31.8 Å². The van der Waals surface area contributed by atoms with E-state index in [1.165, 1.54) is 0 Å². The monoisotopic (exact) mass is 224 g/mol. The Labute approximate surface area is 96.2 Å². The highest BCUT2D eigenvalue weighted by Gasteiger charge is 2.40. The van der Waals surface area contributed by atoms with Gasteiger partial charge >= 0.3 is 0 Å². The van der Waals surface area contributed by atoms with Gasteiger partial charge in [0.15, 0.2) is 11.6 Å². The Morgan fingerprint density at radius 3 is 1.62 bits per heavy atom. The van der Waals surface area contributed by atoms with Gasteiger partial charge in [0.1, 0.15) is 26.4 Å². The SMILES string of the molecule is C#CCO[C@@]1(C)CO[C@@](C)(OCC#C)CO1. The van der Waals surface area contributed by atoms with E-state index in [9.17, 15) is 0 Å². The summed E-state index contributed by atoms with van der Waals surface area (Å²) in [4.78, 5) is 0. The van der Waals surface area contributed by atoms with E-state index < -0.39 is 11.6 Å². The molecule has 0 spiro atoms. The molecule has 1 rings (SSSR count). The van der Waals surface area contributed by atoms with Crippen molar-refractivity contribution in [1.82, 2.24) is 0 Å². The third-order valence-corrected chi connectivity index (χ3v) is 2.20. The topological polar surface area (TPSA) is 36.9 Å². The summed E-state index contributed by atoms with van der Waals surface area (Å²) in [5.74, 6) is 3.13. The van der Waals surface area contributed by atoms with Crippen LogP contribution in [0.2, 0.25) is 0 Å². The fourth-order valence-electron chi connectivity index (χ4n) is 1.21. The fraction of sp³-hybridized carbons (Fsp3) is 0.667. The van der Waals surface area contributed by atoms with Crippen molar-refractivity contribution in [2.24, 2.45) is 0 Å². The molecule has 1 aliphatic rings. The first-order chi connectivity index (χ1) is 7.54. The maximum atomic E-state index is 5.54. The van der Waals surface area contributed by atoms with E-state index in [-0.39, 0.29) is 26.4 Å². The van der Waals surface area contributed by atoms with Crippen molar-refractivity contribution in [2.75, 3.05) is 26.4 Å². The molecule has 0 bridgehead atoms. The highest BCUT2D eigenvalue weighted by Crippen LogP contribution is 2.26. The zero-order valence-electron chi connectivity index (χ0n) is 9.62. The van der Waals surface area contributed by atoms with Crippen molar-refractivity contribution in [3.63, 3.8) is 0 Å². The maximum absolute atomic E-state index is 5.54. The minimum absolute atomic E-state index is 0.182. The van der Waals surface area contributed by atoms with Gasteiger partial charge in [0.2, 0.25) is 0 Å². The lowest BCUT2D eigenvalue weighted by Crippen LogP contribution is -2.53. The molecule has 0 unspecified atom stereocenters. The van der Waals surface area contributed by atoms with E-state index in [0.717, 1.165) is 0 Å². The van der Waals surface area contributed by atoms with Crippen molar-refractivity contribution in [1.29, 1.82) is 0 Å². The second kappa shape index (κ2) is 5.34. The first-order valence-electron chi connectivity index (χ1n) is 4.96. The second-order valence-corrected chi connectivity index (χ2v) is 3.83. The van der Waals surface area contributed by atoms with Crippen LogP contribution in [0.1, 0.15) is 13.8 Å². The minimum atomic E-state index is -0.814. The number of rotatable bonds is 4. The van der Waals surface area contributed by atoms with Gasteiger partial charge in [-0.25, -0.2) is 0 Å². The molecule has 88 valence electrons. The minimum Gasteiger partial charge on any atom is -0.342 e. The second-order valence-electron chi connectivity index (χ2n) is 3.83. The Morgan fingerprint density at radius 1 is 1.00 bits per heavy atom. The highest BCUT2D eigenvalue weighted by molar-refractivity contribution is 4.87. The summed E-state index contributed by atoms with van der Waals surface area (Å²) >= 11 is 0. The molecule has 0 aromatic heterocycles. The molecule has 0 aliphatic carbocycles. The van der Waals surface area contributed by atoms with Crippen LogP contribution in [0.3, 0.4) is 0 Å². The van der Waals surface area contributed by atoms with E-state index in [0.29, 0.717) is 0 Å². The molecule has 0 amide bonds. The largest absolute Gasteiger partial charge is 0.342 e. The first kappa shape index (κ1) is 13.0. The van der Waals surface area contributed by atoms with Crippen LogP contribution in [0.25, 0.3) is 0 Å². The third kappa shape index (κ3) is 3.52. The lowest BCUT2D eigenvalue weighted by Gasteiger charge is -2.41. The lowest BCUT2D eigenvalue weighted by molar-refractivity contribution is -0.370. The van der Waals surface area contributed by atoms with E-state index in [2.05, 4.69) is 11.8 Å². The number of hydrogen-bond acceptors (Lipinski definition) is 4. The van der Waals surface area contributed by atoms with Gasteiger partial charge in [-0.1, -0.05) is 11.8 Å². The van der Waals surface area contributed by atoms with Crippen LogP contribution in [-0.4, -0.2) is 38.0 Å². The summed E-state index contributed by atoms with van der Waals surface area (Å²) in [5.41, 5.74) is 0. The Kier molecular flexibility index (Phi) is 4.35. The molecule has 16 heavy (non-hydrogen) atoms. The Balaban J connectivity index is 2.44. The molecular weight excluding hydrogens is 208 g/mol. The predicted molar refractivity (Wildman–Crippen MR) is 58.3 cm³/mol. The molecule has 1 heterocycles. The van der Waals surface area contributed by atoms with Crippen molar-refractivity contribution < 1.29 is 18.9 Å². The molecule has 1 aliphatic heterocycles. The van der Waals surface area contributed by atoms with Gasteiger partial charge < -0.3 is 18.9 Å². The van der Waals surface area contributed by atoms with Crippen molar-refractivity contribution >= 4 is 0 Å². The third-order valence-electron chi connectivity index (χ3n) is 2.20. The van der Waals surface area contributed by atoms with E-state index in [1.807, 2.05) is 0 Å². The highest BCUT2D eigenvalue weighted by atomic mass is 16.8. The van der Waals surface area contributed by atoms with Gasteiger partial charge in [0.05, 0.1) is 0 Å². The molecule has 1 saturated heterocycles. The van der Waals surface area contributed by atoms with Crippen LogP contribution in [-0.2, 0) is 18.9 Å². The Morgan fingerprint density at radius 2 is 1.38 bits per heavy atom. The molecule has 1 fully saturated rings. The summed E-state index contributed by atoms with van der Waals surface area (Å²) in [6, 6.07) is 0. The lowest BCUT2D eigenvalue weighted by atomic mass is 10.2. The number of ether oxygens (including phenoxy) is 4. The van der Waals surface area contributed by atoms with Crippen LogP contribution >= 0.6 is 0 Å². The quantitative estimate of drug-likeness (QED) is 0.661. The molecule has 2 atom stereocenters. The first-order valence-corrected chi connectivity index (χ1v) is 4.96. The summed E-state index contributed by atoms with van der Waals surface area (Å²) in [5, 5.41) is 0. The molecule has 0 radical (unpaired) electrons. The molecular formula is C12H16O4. The van der Waals surface area contributed by atoms with Crippen LogP contribution in [0, 0.1) is 24.7 Å². The molecule has 0 aromatic carbocycles. The summed E-state index contributed by atoms with van der Waals surface area (Å²) in [6.07, 6.45) is 10.2. The van der Waals surface area contributed by atoms with Crippen LogP contribution in [0.4, 0.5) is 0 Å². The normalized spacial score (nSPS) is 34.0. The average Bonchev–Trinajstić information content (AvgIpc) is 2.29. The summed E-state index contributed by atoms with van der Waals surface area (Å²) < 4.78 is 21.8. The van der Waals surface area contributed by atoms with Crippen molar-refractivity contribution in [2.45, 2.75) is 25.4 Å². The Bertz CT molecular complexity index is 270. The molecule has 0 aromatic rings. The van der Waals surface area contributed by atoms with Crippen LogP contribution < -0.4 is 0 Å². The summed E-state index contributed by atoms with van der Waals surface area (Å²) in [6.45, 7) is 4.39. The van der Waals surface area contributed by atoms with Crippen LogP contribution in [0.15, 0.2) is 0 Å². The predicted octanol–water partition coefficient (Wildman–Crippen LogP) is 0.765. The smallest absolute Gasteiger partial charge is 0.190 e.